The molecule has 3 rings (SSSR count). The smallest absolute Gasteiger partial charge is 0.258 e. The number of hydrogen-bond donors (Lipinski definition) is 1. The SMILES string of the molecule is O=C(c1cc(I)ccc1O)N1CCn2cnnc2C1. The van der Waals surface area contributed by atoms with Crippen LogP contribution in [-0.4, -0.2) is 37.2 Å². The van der Waals surface area contributed by atoms with E-state index in [9.17, 15) is 9.90 Å². The van der Waals surface area contributed by atoms with Gasteiger partial charge in [0.25, 0.3) is 5.91 Å². The first-order valence-electron chi connectivity index (χ1n) is 5.79. The van der Waals surface area contributed by atoms with E-state index >= 15 is 0 Å². The number of carbonyl (C=O) groups excluding carboxylic acids is 1. The molecule has 1 aliphatic rings. The number of amides is 1. The summed E-state index contributed by atoms with van der Waals surface area (Å²) < 4.78 is 2.84. The molecule has 1 aromatic heterocycles. The quantitative estimate of drug-likeness (QED) is 0.767. The predicted octanol–water partition coefficient (Wildman–Crippen LogP) is 1.24. The number of phenolic OH excluding ortho intramolecular Hbond substituents is 1. The third-order valence-corrected chi connectivity index (χ3v) is 3.79. The van der Waals surface area contributed by atoms with Crippen molar-refractivity contribution in [1.82, 2.24) is 19.7 Å². The van der Waals surface area contributed by atoms with Crippen molar-refractivity contribution in [3.8, 4) is 5.75 Å². The van der Waals surface area contributed by atoms with E-state index in [1.165, 1.54) is 0 Å². The van der Waals surface area contributed by atoms with Crippen molar-refractivity contribution in [2.24, 2.45) is 0 Å². The molecule has 1 N–H and O–H groups in total. The highest BCUT2D eigenvalue weighted by Crippen LogP contribution is 2.23. The zero-order chi connectivity index (χ0) is 13.4. The van der Waals surface area contributed by atoms with E-state index in [0.717, 1.165) is 9.39 Å². The first-order valence-corrected chi connectivity index (χ1v) is 6.87. The first kappa shape index (κ1) is 12.4. The van der Waals surface area contributed by atoms with Crippen LogP contribution in [0.3, 0.4) is 0 Å². The van der Waals surface area contributed by atoms with Gasteiger partial charge in [0.1, 0.15) is 12.1 Å². The maximum Gasteiger partial charge on any atom is 0.258 e. The molecule has 0 atom stereocenters. The third kappa shape index (κ3) is 2.29. The fourth-order valence-electron chi connectivity index (χ4n) is 2.09. The Morgan fingerprint density at radius 2 is 2.21 bits per heavy atom. The Balaban J connectivity index is 1.87. The molecule has 98 valence electrons. The second-order valence-electron chi connectivity index (χ2n) is 4.33. The number of phenols is 1. The summed E-state index contributed by atoms with van der Waals surface area (Å²) in [4.78, 5) is 14.1. The van der Waals surface area contributed by atoms with E-state index in [1.807, 2.05) is 4.57 Å². The number of carbonyl (C=O) groups is 1. The molecule has 0 aliphatic carbocycles. The minimum atomic E-state index is -0.176. The Bertz CT molecular complexity index is 640. The molecule has 0 bridgehead atoms. The Morgan fingerprint density at radius 1 is 1.37 bits per heavy atom. The van der Waals surface area contributed by atoms with Crippen LogP contribution in [0, 0.1) is 3.57 Å². The summed E-state index contributed by atoms with van der Waals surface area (Å²) in [7, 11) is 0. The average molecular weight is 370 g/mol. The van der Waals surface area contributed by atoms with E-state index < -0.39 is 0 Å². The van der Waals surface area contributed by atoms with Crippen LogP contribution in [0.5, 0.6) is 5.75 Å². The van der Waals surface area contributed by atoms with Gasteiger partial charge in [0.2, 0.25) is 0 Å². The monoisotopic (exact) mass is 370 g/mol. The zero-order valence-electron chi connectivity index (χ0n) is 9.95. The molecule has 19 heavy (non-hydrogen) atoms. The van der Waals surface area contributed by atoms with Crippen molar-refractivity contribution in [2.75, 3.05) is 6.54 Å². The van der Waals surface area contributed by atoms with E-state index in [0.29, 0.717) is 25.2 Å². The van der Waals surface area contributed by atoms with Crippen molar-refractivity contribution < 1.29 is 9.90 Å². The third-order valence-electron chi connectivity index (χ3n) is 3.12. The lowest BCUT2D eigenvalue weighted by Gasteiger charge is -2.27. The maximum absolute atomic E-state index is 12.4. The predicted molar refractivity (Wildman–Crippen MR) is 75.6 cm³/mol. The maximum atomic E-state index is 12.4. The second-order valence-corrected chi connectivity index (χ2v) is 5.57. The molecule has 6 nitrogen and oxygen atoms in total. The van der Waals surface area contributed by atoms with E-state index in [2.05, 4.69) is 32.8 Å². The van der Waals surface area contributed by atoms with Crippen molar-refractivity contribution in [1.29, 1.82) is 0 Å². The van der Waals surface area contributed by atoms with Crippen molar-refractivity contribution in [3.63, 3.8) is 0 Å². The fourth-order valence-corrected chi connectivity index (χ4v) is 2.58. The summed E-state index contributed by atoms with van der Waals surface area (Å²) in [6, 6.07) is 5.00. The summed E-state index contributed by atoms with van der Waals surface area (Å²) in [6.45, 7) is 1.69. The second kappa shape index (κ2) is 4.80. The van der Waals surface area contributed by atoms with Crippen molar-refractivity contribution in [3.05, 3.63) is 39.5 Å². The molecule has 1 aliphatic heterocycles. The highest BCUT2D eigenvalue weighted by Gasteiger charge is 2.24. The molecular formula is C12H11IN4O2. The topological polar surface area (TPSA) is 71.2 Å². The number of fused-ring (bicyclic) bond motifs is 1. The Morgan fingerprint density at radius 3 is 3.05 bits per heavy atom. The fraction of sp³-hybridized carbons (Fsp3) is 0.250. The normalized spacial score (nSPS) is 14.3. The number of aromatic hydroxyl groups is 1. The van der Waals surface area contributed by atoms with Gasteiger partial charge in [-0.2, -0.15) is 0 Å². The lowest BCUT2D eigenvalue weighted by molar-refractivity contribution is 0.0704. The molecule has 1 aromatic carbocycles. The van der Waals surface area contributed by atoms with Gasteiger partial charge < -0.3 is 14.6 Å². The molecule has 0 saturated heterocycles. The Kier molecular flexibility index (Phi) is 3.13. The van der Waals surface area contributed by atoms with E-state index in [1.54, 1.807) is 29.4 Å². The minimum Gasteiger partial charge on any atom is -0.507 e. The highest BCUT2D eigenvalue weighted by atomic mass is 127. The van der Waals surface area contributed by atoms with Gasteiger partial charge in [-0.05, 0) is 40.8 Å². The molecule has 7 heteroatoms. The Hall–Kier alpha value is -1.64. The molecule has 0 fully saturated rings. The summed E-state index contributed by atoms with van der Waals surface area (Å²) >= 11 is 2.12. The van der Waals surface area contributed by atoms with Gasteiger partial charge in [-0.15, -0.1) is 10.2 Å². The van der Waals surface area contributed by atoms with Crippen LogP contribution in [0.2, 0.25) is 0 Å². The van der Waals surface area contributed by atoms with E-state index in [-0.39, 0.29) is 11.7 Å². The molecule has 1 amide bonds. The Labute approximate surface area is 123 Å². The van der Waals surface area contributed by atoms with Gasteiger partial charge in [0.15, 0.2) is 5.82 Å². The number of rotatable bonds is 1. The largest absolute Gasteiger partial charge is 0.507 e. The van der Waals surface area contributed by atoms with Crippen molar-refractivity contribution >= 4 is 28.5 Å². The van der Waals surface area contributed by atoms with E-state index in [4.69, 9.17) is 0 Å². The number of halogens is 1. The lowest BCUT2D eigenvalue weighted by atomic mass is 10.1. The molecule has 0 unspecified atom stereocenters. The van der Waals surface area contributed by atoms with Gasteiger partial charge in [-0.25, -0.2) is 0 Å². The number of benzene rings is 1. The van der Waals surface area contributed by atoms with Crippen molar-refractivity contribution in [2.45, 2.75) is 13.1 Å². The van der Waals surface area contributed by atoms with Gasteiger partial charge >= 0.3 is 0 Å². The molecule has 2 aromatic rings. The summed E-state index contributed by atoms with van der Waals surface area (Å²) in [6.07, 6.45) is 1.67. The molecule has 0 radical (unpaired) electrons. The number of nitrogens with zero attached hydrogens (tertiary/aromatic N) is 4. The van der Waals surface area contributed by atoms with Crippen LogP contribution >= 0.6 is 22.6 Å². The minimum absolute atomic E-state index is 0.0115. The van der Waals surface area contributed by atoms with Crippen LogP contribution < -0.4 is 0 Å². The number of hydrogen-bond acceptors (Lipinski definition) is 4. The molecule has 2 heterocycles. The van der Waals surface area contributed by atoms with Gasteiger partial charge in [-0.3, -0.25) is 4.79 Å². The standard InChI is InChI=1S/C12H11IN4O2/c13-8-1-2-10(18)9(5-8)12(19)16-3-4-17-7-14-15-11(17)6-16/h1-2,5,7,18H,3-4,6H2. The van der Waals surface area contributed by atoms with Crippen LogP contribution in [0.15, 0.2) is 24.5 Å². The van der Waals surface area contributed by atoms with Gasteiger partial charge in [0, 0.05) is 16.7 Å². The molecular weight excluding hydrogens is 359 g/mol. The first-order chi connectivity index (χ1) is 9.15. The summed E-state index contributed by atoms with van der Waals surface area (Å²) in [5, 5.41) is 17.6. The van der Waals surface area contributed by atoms with Crippen LogP contribution in [0.4, 0.5) is 0 Å². The average Bonchev–Trinajstić information content (AvgIpc) is 2.88. The number of aromatic nitrogens is 3. The highest BCUT2D eigenvalue weighted by molar-refractivity contribution is 14.1. The molecule has 0 saturated carbocycles. The van der Waals surface area contributed by atoms with Crippen LogP contribution in [0.1, 0.15) is 16.2 Å². The van der Waals surface area contributed by atoms with Gasteiger partial charge in [-0.1, -0.05) is 0 Å². The molecule has 0 spiro atoms. The van der Waals surface area contributed by atoms with Crippen LogP contribution in [-0.2, 0) is 13.1 Å². The lowest BCUT2D eigenvalue weighted by Crippen LogP contribution is -2.38. The zero-order valence-corrected chi connectivity index (χ0v) is 12.1. The summed E-state index contributed by atoms with van der Waals surface area (Å²) in [5.41, 5.74) is 0.333. The van der Waals surface area contributed by atoms with Crippen LogP contribution in [0.25, 0.3) is 0 Å². The summed E-state index contributed by atoms with van der Waals surface area (Å²) in [5.74, 6) is 0.604. The van der Waals surface area contributed by atoms with Gasteiger partial charge in [0.05, 0.1) is 12.1 Å².